The largest absolute Gasteiger partial charge is 0.450 e. The van der Waals surface area contributed by atoms with Gasteiger partial charge >= 0.3 is 6.09 Å². The van der Waals surface area contributed by atoms with Gasteiger partial charge in [-0.2, -0.15) is 0 Å². The van der Waals surface area contributed by atoms with E-state index in [9.17, 15) is 4.79 Å². The summed E-state index contributed by atoms with van der Waals surface area (Å²) in [5, 5.41) is 2.71. The number of nitrogens with one attached hydrogen (secondary N) is 1. The van der Waals surface area contributed by atoms with Gasteiger partial charge < -0.3 is 4.74 Å². The van der Waals surface area contributed by atoms with E-state index in [0.29, 0.717) is 6.61 Å². The van der Waals surface area contributed by atoms with E-state index in [1.807, 2.05) is 24.3 Å². The van der Waals surface area contributed by atoms with Crippen molar-refractivity contribution in [2.45, 2.75) is 20.8 Å². The number of aryl methyl sites for hydroxylation is 2. The molecule has 0 fully saturated rings. The van der Waals surface area contributed by atoms with Gasteiger partial charge in [-0.3, -0.25) is 5.32 Å². The molecule has 0 saturated carbocycles. The summed E-state index contributed by atoms with van der Waals surface area (Å²) < 4.78 is 4.93. The topological polar surface area (TPSA) is 38.3 Å². The summed E-state index contributed by atoms with van der Waals surface area (Å²) in [7, 11) is 0. The lowest BCUT2D eigenvalue weighted by atomic mass is 9.92. The number of alkyl carbamates (subject to hydrolysis) is 1. The molecule has 114 valence electrons. The van der Waals surface area contributed by atoms with E-state index in [-0.39, 0.29) is 0 Å². The van der Waals surface area contributed by atoms with E-state index in [0.717, 1.165) is 27.8 Å². The van der Waals surface area contributed by atoms with E-state index in [1.165, 1.54) is 0 Å². The molecule has 1 amide bonds. The molecule has 2 aromatic rings. The molecule has 0 radical (unpaired) electrons. The average Bonchev–Trinajstić information content (AvgIpc) is 2.51. The molecular weight excluding hydrogens is 274 g/mol. The Morgan fingerprint density at radius 3 is 1.95 bits per heavy atom. The highest BCUT2D eigenvalue weighted by Gasteiger charge is 2.10. The van der Waals surface area contributed by atoms with Gasteiger partial charge in [0.25, 0.3) is 0 Å². The van der Waals surface area contributed by atoms with E-state index in [4.69, 9.17) is 4.74 Å². The van der Waals surface area contributed by atoms with Crippen molar-refractivity contribution in [2.24, 2.45) is 0 Å². The van der Waals surface area contributed by atoms with Crippen molar-refractivity contribution in [3.05, 3.63) is 77.0 Å². The Bertz CT molecular complexity index is 642. The summed E-state index contributed by atoms with van der Waals surface area (Å²) in [6, 6.07) is 16.2. The van der Waals surface area contributed by atoms with Crippen molar-refractivity contribution in [1.82, 2.24) is 5.32 Å². The monoisotopic (exact) mass is 295 g/mol. The summed E-state index contributed by atoms with van der Waals surface area (Å²) in [6.45, 7) is 6.26. The predicted molar refractivity (Wildman–Crippen MR) is 89.6 cm³/mol. The van der Waals surface area contributed by atoms with Crippen LogP contribution in [0.5, 0.6) is 0 Å². The molecule has 3 nitrogen and oxygen atoms in total. The van der Waals surface area contributed by atoms with Crippen LogP contribution in [-0.2, 0) is 4.74 Å². The zero-order valence-electron chi connectivity index (χ0n) is 13.2. The van der Waals surface area contributed by atoms with Crippen LogP contribution >= 0.6 is 0 Å². The maximum absolute atomic E-state index is 11.6. The van der Waals surface area contributed by atoms with Gasteiger partial charge in [-0.05, 0) is 43.0 Å². The maximum Gasteiger partial charge on any atom is 0.411 e. The number of hydrogen-bond acceptors (Lipinski definition) is 2. The third-order valence-electron chi connectivity index (χ3n) is 3.48. The number of benzene rings is 2. The highest BCUT2D eigenvalue weighted by molar-refractivity contribution is 5.84. The molecule has 0 aliphatic rings. The van der Waals surface area contributed by atoms with Gasteiger partial charge in [-0.1, -0.05) is 48.5 Å². The Labute approximate surface area is 131 Å². The maximum atomic E-state index is 11.6. The Kier molecular flexibility index (Phi) is 5.37. The second-order valence-electron chi connectivity index (χ2n) is 5.05. The molecule has 0 saturated heterocycles. The van der Waals surface area contributed by atoms with Crippen LogP contribution in [0.1, 0.15) is 29.2 Å². The van der Waals surface area contributed by atoms with Crippen LogP contribution in [0.25, 0.3) is 5.57 Å². The fourth-order valence-electron chi connectivity index (χ4n) is 2.35. The van der Waals surface area contributed by atoms with Crippen LogP contribution < -0.4 is 5.32 Å². The molecule has 0 heterocycles. The Morgan fingerprint density at radius 1 is 1.00 bits per heavy atom. The summed E-state index contributed by atoms with van der Waals surface area (Å²) in [5.41, 5.74) is 5.47. The minimum atomic E-state index is -0.442. The highest BCUT2D eigenvalue weighted by Crippen LogP contribution is 2.27. The zero-order valence-corrected chi connectivity index (χ0v) is 13.2. The minimum Gasteiger partial charge on any atom is -0.450 e. The Hall–Kier alpha value is -2.55. The van der Waals surface area contributed by atoms with Crippen LogP contribution in [0.2, 0.25) is 0 Å². The fraction of sp³-hybridized carbons (Fsp3) is 0.211. The molecule has 0 aliphatic carbocycles. The second-order valence-corrected chi connectivity index (χ2v) is 5.05. The molecule has 0 unspecified atom stereocenters. The molecule has 0 bridgehead atoms. The molecule has 2 aromatic carbocycles. The van der Waals surface area contributed by atoms with Crippen LogP contribution in [0, 0.1) is 13.8 Å². The molecule has 3 heteroatoms. The molecule has 0 atom stereocenters. The number of carbonyl (C=O) groups is 1. The number of rotatable bonds is 4. The van der Waals surface area contributed by atoms with Gasteiger partial charge in [0, 0.05) is 11.8 Å². The zero-order chi connectivity index (χ0) is 15.9. The van der Waals surface area contributed by atoms with E-state index >= 15 is 0 Å². The van der Waals surface area contributed by atoms with Crippen molar-refractivity contribution in [3.8, 4) is 0 Å². The lowest BCUT2D eigenvalue weighted by Gasteiger charge is -2.14. The van der Waals surface area contributed by atoms with Crippen LogP contribution in [0.15, 0.2) is 54.7 Å². The molecule has 2 rings (SSSR count). The van der Waals surface area contributed by atoms with Crippen molar-refractivity contribution in [1.29, 1.82) is 0 Å². The van der Waals surface area contributed by atoms with E-state index < -0.39 is 6.09 Å². The normalized spacial score (nSPS) is 9.95. The summed E-state index contributed by atoms with van der Waals surface area (Å²) in [6.07, 6.45) is 1.28. The van der Waals surface area contributed by atoms with Gasteiger partial charge in [-0.15, -0.1) is 0 Å². The molecule has 1 N–H and O–H groups in total. The number of amides is 1. The molecule has 0 aromatic heterocycles. The SMILES string of the molecule is CCOC(=O)NC=C(c1ccccc1C)c1ccccc1C. The van der Waals surface area contributed by atoms with Gasteiger partial charge in [0.1, 0.15) is 0 Å². The fourth-order valence-corrected chi connectivity index (χ4v) is 2.35. The number of carbonyl (C=O) groups excluding carboxylic acids is 1. The van der Waals surface area contributed by atoms with E-state index in [1.54, 1.807) is 13.1 Å². The van der Waals surface area contributed by atoms with Gasteiger partial charge in [0.05, 0.1) is 6.61 Å². The summed E-state index contributed by atoms with van der Waals surface area (Å²) in [5.74, 6) is 0. The predicted octanol–water partition coefficient (Wildman–Crippen LogP) is 4.44. The third-order valence-corrected chi connectivity index (χ3v) is 3.48. The quantitative estimate of drug-likeness (QED) is 0.905. The Morgan fingerprint density at radius 2 is 1.50 bits per heavy atom. The van der Waals surface area contributed by atoms with Crippen molar-refractivity contribution < 1.29 is 9.53 Å². The standard InChI is InChI=1S/C19H21NO2/c1-4-22-19(21)20-13-18(16-11-7-5-9-14(16)2)17-12-8-6-10-15(17)3/h5-13H,4H2,1-3H3,(H,20,21). The first-order valence-corrected chi connectivity index (χ1v) is 7.39. The first-order valence-electron chi connectivity index (χ1n) is 7.39. The molecule has 0 aliphatic heterocycles. The van der Waals surface area contributed by atoms with Gasteiger partial charge in [0.2, 0.25) is 0 Å². The summed E-state index contributed by atoms with van der Waals surface area (Å²) in [4.78, 5) is 11.6. The smallest absolute Gasteiger partial charge is 0.411 e. The van der Waals surface area contributed by atoms with Crippen molar-refractivity contribution in [3.63, 3.8) is 0 Å². The van der Waals surface area contributed by atoms with Crippen LogP contribution in [-0.4, -0.2) is 12.7 Å². The average molecular weight is 295 g/mol. The number of ether oxygens (including phenoxy) is 1. The van der Waals surface area contributed by atoms with Crippen LogP contribution in [0.4, 0.5) is 4.79 Å². The summed E-state index contributed by atoms with van der Waals surface area (Å²) >= 11 is 0. The van der Waals surface area contributed by atoms with Crippen molar-refractivity contribution in [2.75, 3.05) is 6.61 Å². The highest BCUT2D eigenvalue weighted by atomic mass is 16.5. The molecule has 22 heavy (non-hydrogen) atoms. The Balaban J connectivity index is 2.46. The van der Waals surface area contributed by atoms with Crippen LogP contribution in [0.3, 0.4) is 0 Å². The van der Waals surface area contributed by atoms with Crippen molar-refractivity contribution >= 4 is 11.7 Å². The van der Waals surface area contributed by atoms with Gasteiger partial charge in [-0.25, -0.2) is 4.79 Å². The number of hydrogen-bond donors (Lipinski definition) is 1. The first-order chi connectivity index (χ1) is 10.6. The molecular formula is C19H21NO2. The third kappa shape index (κ3) is 3.76. The first kappa shape index (κ1) is 15.8. The minimum absolute atomic E-state index is 0.351. The van der Waals surface area contributed by atoms with Gasteiger partial charge in [0.15, 0.2) is 0 Å². The lowest BCUT2D eigenvalue weighted by molar-refractivity contribution is 0.156. The second kappa shape index (κ2) is 7.46. The van der Waals surface area contributed by atoms with E-state index in [2.05, 4.69) is 43.4 Å². The molecule has 0 spiro atoms. The lowest BCUT2D eigenvalue weighted by Crippen LogP contribution is -2.19.